The zero-order chi connectivity index (χ0) is 13.4. The molecule has 2 saturated heterocycles. The van der Waals surface area contributed by atoms with Gasteiger partial charge in [-0.3, -0.25) is 4.90 Å². The van der Waals surface area contributed by atoms with E-state index in [9.17, 15) is 8.78 Å². The fourth-order valence-electron chi connectivity index (χ4n) is 3.59. The molecule has 0 radical (unpaired) electrons. The van der Waals surface area contributed by atoms with Gasteiger partial charge in [0.05, 0.1) is 16.3 Å². The van der Waals surface area contributed by atoms with Gasteiger partial charge >= 0.3 is 0 Å². The van der Waals surface area contributed by atoms with Gasteiger partial charge in [0.15, 0.2) is 0 Å². The van der Waals surface area contributed by atoms with Gasteiger partial charge in [-0.25, -0.2) is 8.78 Å². The molecule has 3 fully saturated rings. The van der Waals surface area contributed by atoms with Gasteiger partial charge in [0, 0.05) is 24.9 Å². The summed E-state index contributed by atoms with van der Waals surface area (Å²) >= 11 is 1.79. The summed E-state index contributed by atoms with van der Waals surface area (Å²) < 4.78 is 26.5. The van der Waals surface area contributed by atoms with Gasteiger partial charge in [-0.05, 0) is 31.5 Å². The normalized spacial score (nSPS) is 51.3. The molecule has 4 rings (SSSR count). The van der Waals surface area contributed by atoms with E-state index in [0.717, 1.165) is 12.8 Å². The summed E-state index contributed by atoms with van der Waals surface area (Å²) in [5.41, 5.74) is 7.06. The molecule has 1 saturated carbocycles. The van der Waals surface area contributed by atoms with E-state index >= 15 is 0 Å². The smallest absolute Gasteiger partial charge is 0.257 e. The van der Waals surface area contributed by atoms with Crippen LogP contribution in [0.1, 0.15) is 19.8 Å². The van der Waals surface area contributed by atoms with E-state index in [0.29, 0.717) is 18.3 Å². The molecule has 0 bridgehead atoms. The molecule has 0 spiro atoms. The molecular formula is C13H19F2N3S. The molecule has 0 aromatic carbocycles. The van der Waals surface area contributed by atoms with Crippen molar-refractivity contribution in [1.29, 1.82) is 0 Å². The van der Waals surface area contributed by atoms with Crippen LogP contribution in [-0.4, -0.2) is 40.2 Å². The number of nitrogens with zero attached hydrogens (tertiary/aromatic N) is 1. The van der Waals surface area contributed by atoms with Crippen LogP contribution in [0.25, 0.3) is 0 Å². The number of fused-ring (bicyclic) bond motifs is 1. The van der Waals surface area contributed by atoms with Crippen LogP contribution in [0.2, 0.25) is 0 Å². The molecule has 0 aromatic rings. The third-order valence-electron chi connectivity index (χ3n) is 5.26. The van der Waals surface area contributed by atoms with Crippen molar-refractivity contribution < 1.29 is 8.78 Å². The number of nitrogens with two attached hydrogens (primary N) is 1. The Morgan fingerprint density at radius 3 is 2.53 bits per heavy atom. The fourth-order valence-corrected chi connectivity index (χ4v) is 4.37. The van der Waals surface area contributed by atoms with E-state index in [4.69, 9.17) is 5.73 Å². The summed E-state index contributed by atoms with van der Waals surface area (Å²) in [5, 5.41) is 4.19. The Labute approximate surface area is 116 Å². The Kier molecular flexibility index (Phi) is 2.39. The second-order valence-electron chi connectivity index (χ2n) is 6.45. The van der Waals surface area contributed by atoms with Gasteiger partial charge < -0.3 is 11.1 Å². The van der Waals surface area contributed by atoms with Gasteiger partial charge in [0.2, 0.25) is 0 Å². The van der Waals surface area contributed by atoms with Crippen LogP contribution < -0.4 is 11.1 Å². The SMILES string of the molecule is C[C@@]1(N2CC3C(C2)C3(F)F)CCC([C@H]2SC2N)=CN1. The van der Waals surface area contributed by atoms with E-state index in [1.54, 1.807) is 11.8 Å². The Morgan fingerprint density at radius 2 is 2.05 bits per heavy atom. The predicted molar refractivity (Wildman–Crippen MR) is 71.7 cm³/mol. The number of likely N-dealkylation sites (tertiary alicyclic amines) is 1. The summed E-state index contributed by atoms with van der Waals surface area (Å²) in [6.45, 7) is 3.19. The summed E-state index contributed by atoms with van der Waals surface area (Å²) in [4.78, 5) is 2.20. The molecule has 3 heterocycles. The molecule has 6 heteroatoms. The fraction of sp³-hybridized carbons (Fsp3) is 0.846. The largest absolute Gasteiger partial charge is 0.373 e. The Balaban J connectivity index is 1.42. The van der Waals surface area contributed by atoms with Gasteiger partial charge in [-0.2, -0.15) is 0 Å². The summed E-state index contributed by atoms with van der Waals surface area (Å²) in [5.74, 6) is -3.19. The Morgan fingerprint density at radius 1 is 1.42 bits per heavy atom. The van der Waals surface area contributed by atoms with Crippen LogP contribution in [0.3, 0.4) is 0 Å². The molecule has 19 heavy (non-hydrogen) atoms. The number of hydrogen-bond donors (Lipinski definition) is 2. The van der Waals surface area contributed by atoms with Crippen molar-refractivity contribution >= 4 is 11.8 Å². The molecule has 0 aromatic heterocycles. The van der Waals surface area contributed by atoms with Crippen LogP contribution in [0.5, 0.6) is 0 Å². The number of piperidine rings is 1. The quantitative estimate of drug-likeness (QED) is 0.757. The molecular weight excluding hydrogens is 268 g/mol. The lowest BCUT2D eigenvalue weighted by atomic mass is 9.94. The van der Waals surface area contributed by atoms with Gasteiger partial charge in [-0.1, -0.05) is 0 Å². The summed E-state index contributed by atoms with van der Waals surface area (Å²) in [7, 11) is 0. The minimum absolute atomic E-state index is 0.156. The topological polar surface area (TPSA) is 41.3 Å². The maximum absolute atomic E-state index is 13.3. The first-order valence-corrected chi connectivity index (χ1v) is 7.87. The summed E-state index contributed by atoms with van der Waals surface area (Å²) in [6, 6.07) is 0. The zero-order valence-corrected chi connectivity index (χ0v) is 11.7. The third kappa shape index (κ3) is 1.76. The molecule has 0 amide bonds. The van der Waals surface area contributed by atoms with E-state index in [1.165, 1.54) is 5.57 Å². The van der Waals surface area contributed by atoms with Crippen LogP contribution in [0.15, 0.2) is 11.8 Å². The van der Waals surface area contributed by atoms with E-state index in [1.807, 2.05) is 0 Å². The van der Waals surface area contributed by atoms with Crippen molar-refractivity contribution in [3.8, 4) is 0 Å². The van der Waals surface area contributed by atoms with E-state index < -0.39 is 17.8 Å². The first-order valence-electron chi connectivity index (χ1n) is 6.92. The average molecular weight is 287 g/mol. The van der Waals surface area contributed by atoms with Crippen molar-refractivity contribution in [2.24, 2.45) is 17.6 Å². The molecule has 3 nitrogen and oxygen atoms in total. The van der Waals surface area contributed by atoms with Crippen molar-refractivity contribution in [1.82, 2.24) is 10.2 Å². The molecule has 106 valence electrons. The zero-order valence-electron chi connectivity index (χ0n) is 10.9. The van der Waals surface area contributed by atoms with Crippen LogP contribution >= 0.6 is 11.8 Å². The Bertz CT molecular complexity index is 441. The summed E-state index contributed by atoms with van der Waals surface area (Å²) in [6.07, 6.45) is 4.08. The highest BCUT2D eigenvalue weighted by Crippen LogP contribution is 2.60. The number of hydrogen-bond acceptors (Lipinski definition) is 4. The van der Waals surface area contributed by atoms with Gasteiger partial charge in [0.25, 0.3) is 5.92 Å². The van der Waals surface area contributed by atoms with Crippen molar-refractivity contribution in [3.63, 3.8) is 0 Å². The lowest BCUT2D eigenvalue weighted by Gasteiger charge is -2.43. The predicted octanol–water partition coefficient (Wildman–Crippen LogP) is 1.57. The number of nitrogens with one attached hydrogen (secondary N) is 1. The second-order valence-corrected chi connectivity index (χ2v) is 7.78. The number of halogens is 2. The molecule has 5 atom stereocenters. The first-order chi connectivity index (χ1) is 8.92. The number of alkyl halides is 2. The van der Waals surface area contributed by atoms with Crippen LogP contribution in [-0.2, 0) is 0 Å². The third-order valence-corrected chi connectivity index (χ3v) is 6.42. The molecule has 1 aliphatic carbocycles. The number of rotatable bonds is 2. The second kappa shape index (κ2) is 3.65. The lowest BCUT2D eigenvalue weighted by molar-refractivity contribution is 0.0108. The molecule has 3 aliphatic heterocycles. The van der Waals surface area contributed by atoms with Crippen molar-refractivity contribution in [3.05, 3.63) is 11.8 Å². The van der Waals surface area contributed by atoms with Gasteiger partial charge in [-0.15, -0.1) is 11.8 Å². The average Bonchev–Trinajstić information content (AvgIpc) is 3.09. The van der Waals surface area contributed by atoms with E-state index in [2.05, 4.69) is 23.3 Å². The molecule has 4 aliphatic rings. The molecule has 3 unspecified atom stereocenters. The highest BCUT2D eigenvalue weighted by molar-refractivity contribution is 8.07. The maximum atomic E-state index is 13.3. The van der Waals surface area contributed by atoms with Crippen LogP contribution in [0, 0.1) is 11.8 Å². The van der Waals surface area contributed by atoms with E-state index in [-0.39, 0.29) is 11.0 Å². The monoisotopic (exact) mass is 287 g/mol. The highest BCUT2D eigenvalue weighted by Gasteiger charge is 2.72. The number of thioether (sulfide) groups is 1. The van der Waals surface area contributed by atoms with Crippen molar-refractivity contribution in [2.45, 2.75) is 42.0 Å². The first kappa shape index (κ1) is 12.4. The minimum atomic E-state index is -2.39. The lowest BCUT2D eigenvalue weighted by Crippen LogP contribution is -2.57. The van der Waals surface area contributed by atoms with Gasteiger partial charge in [0.1, 0.15) is 0 Å². The molecule has 3 N–H and O–H groups in total. The highest BCUT2D eigenvalue weighted by atomic mass is 32.2. The standard InChI is InChI=1S/C13H19F2N3S/c1-12(18-5-8-9(6-18)13(8,14)15)3-2-7(4-17-12)10-11(16)19-10/h4,8-11,17H,2-3,5-6,16H2,1H3/t8?,9?,10-,11?,12-/m1/s1. The maximum Gasteiger partial charge on any atom is 0.257 e. The Hall–Kier alpha value is -0.330. The van der Waals surface area contributed by atoms with Crippen LogP contribution in [0.4, 0.5) is 8.78 Å². The minimum Gasteiger partial charge on any atom is -0.373 e. The van der Waals surface area contributed by atoms with Crippen molar-refractivity contribution in [2.75, 3.05) is 13.1 Å².